The standard InChI is InChI=1S/C25H28ClFN4O3/c1-33-25-29-23-19-13-28-22(21(23)27)18-11-15(32)12-20(26)17(18)8-3-2-6-10-34-16-7-4-5-9-31(14-16)24(19)30-25/h11-13,16,32H,2-10,14H2,1H3. The molecular formula is C25H28ClFN4O3. The molecule has 5 heterocycles. The van der Waals surface area contributed by atoms with Crippen molar-refractivity contribution in [3.63, 3.8) is 0 Å². The number of phenolic OH excluding ortho intramolecular Hbond substituents is 1. The fraction of sp³-hybridized carbons (Fsp3) is 0.480. The number of hydrogen-bond donors (Lipinski definition) is 1. The van der Waals surface area contributed by atoms with Gasteiger partial charge in [0.15, 0.2) is 5.82 Å². The van der Waals surface area contributed by atoms with Crippen molar-refractivity contribution in [1.29, 1.82) is 0 Å². The molecule has 34 heavy (non-hydrogen) atoms. The lowest BCUT2D eigenvalue weighted by Gasteiger charge is -2.27. The molecule has 1 saturated heterocycles. The number of rotatable bonds is 1. The lowest BCUT2D eigenvalue weighted by molar-refractivity contribution is 0.0515. The van der Waals surface area contributed by atoms with E-state index in [1.165, 1.54) is 19.2 Å². The van der Waals surface area contributed by atoms with Gasteiger partial charge in [-0.25, -0.2) is 4.39 Å². The molecule has 6 rings (SSSR count). The van der Waals surface area contributed by atoms with Crippen LogP contribution in [-0.2, 0) is 11.2 Å². The van der Waals surface area contributed by atoms with E-state index in [1.54, 1.807) is 6.20 Å². The molecule has 0 radical (unpaired) electrons. The molecule has 0 aliphatic carbocycles. The van der Waals surface area contributed by atoms with E-state index < -0.39 is 5.82 Å². The number of aromatic hydroxyl groups is 1. The first-order valence-corrected chi connectivity index (χ1v) is 12.2. The number of benzene rings is 1. The zero-order valence-corrected chi connectivity index (χ0v) is 19.9. The van der Waals surface area contributed by atoms with E-state index >= 15 is 4.39 Å². The first-order valence-electron chi connectivity index (χ1n) is 11.8. The largest absolute Gasteiger partial charge is 0.508 e. The Morgan fingerprint density at radius 2 is 2.06 bits per heavy atom. The summed E-state index contributed by atoms with van der Waals surface area (Å²) >= 11 is 6.50. The maximum absolute atomic E-state index is 16.0. The van der Waals surface area contributed by atoms with Crippen LogP contribution >= 0.6 is 11.6 Å². The summed E-state index contributed by atoms with van der Waals surface area (Å²) in [5, 5.41) is 11.1. The maximum Gasteiger partial charge on any atom is 0.318 e. The molecule has 1 unspecified atom stereocenters. The fourth-order valence-electron chi connectivity index (χ4n) is 4.89. The van der Waals surface area contributed by atoms with Crippen molar-refractivity contribution in [3.8, 4) is 23.0 Å². The number of fused-ring (bicyclic) bond motifs is 6. The van der Waals surface area contributed by atoms with Gasteiger partial charge in [0.1, 0.15) is 22.8 Å². The Balaban J connectivity index is 1.73. The van der Waals surface area contributed by atoms with E-state index in [2.05, 4.69) is 19.9 Å². The summed E-state index contributed by atoms with van der Waals surface area (Å²) in [6.07, 6.45) is 8.14. The predicted octanol–water partition coefficient (Wildman–Crippen LogP) is 5.30. The summed E-state index contributed by atoms with van der Waals surface area (Å²) in [6, 6.07) is 3.10. The van der Waals surface area contributed by atoms with Crippen LogP contribution in [0.4, 0.5) is 10.2 Å². The lowest BCUT2D eigenvalue weighted by atomic mass is 9.97. The molecule has 2 aromatic heterocycles. The summed E-state index contributed by atoms with van der Waals surface area (Å²) in [5.74, 6) is -0.0296. The minimum atomic E-state index is -0.586. The number of hydrogen-bond acceptors (Lipinski definition) is 7. The van der Waals surface area contributed by atoms with Crippen LogP contribution in [0.3, 0.4) is 0 Å². The van der Waals surface area contributed by atoms with Crippen LogP contribution in [0.1, 0.15) is 44.1 Å². The van der Waals surface area contributed by atoms with Gasteiger partial charge in [-0.1, -0.05) is 18.0 Å². The van der Waals surface area contributed by atoms with Crippen molar-refractivity contribution in [2.45, 2.75) is 51.0 Å². The fourth-order valence-corrected chi connectivity index (χ4v) is 5.20. The predicted molar refractivity (Wildman–Crippen MR) is 129 cm³/mol. The van der Waals surface area contributed by atoms with Crippen LogP contribution in [-0.4, -0.2) is 53.0 Å². The second-order valence-corrected chi connectivity index (χ2v) is 9.32. The third-order valence-electron chi connectivity index (χ3n) is 6.61. The van der Waals surface area contributed by atoms with E-state index in [1.807, 2.05) is 0 Å². The summed E-state index contributed by atoms with van der Waals surface area (Å²) < 4.78 is 27.6. The summed E-state index contributed by atoms with van der Waals surface area (Å²) in [5.41, 5.74) is 1.47. The zero-order chi connectivity index (χ0) is 23.7. The topological polar surface area (TPSA) is 80.6 Å². The number of pyridine rings is 1. The molecule has 0 saturated carbocycles. The molecule has 7 nitrogen and oxygen atoms in total. The number of halogens is 2. The molecule has 1 N–H and O–H groups in total. The normalized spacial score (nSPS) is 19.3. The highest BCUT2D eigenvalue weighted by Gasteiger charge is 2.26. The molecule has 6 bridgehead atoms. The molecule has 3 aliphatic heterocycles. The second-order valence-electron chi connectivity index (χ2n) is 8.92. The van der Waals surface area contributed by atoms with Gasteiger partial charge in [0.2, 0.25) is 0 Å². The van der Waals surface area contributed by atoms with Gasteiger partial charge >= 0.3 is 6.01 Å². The first kappa shape index (κ1) is 23.1. The Bertz CT molecular complexity index is 1210. The average molecular weight is 487 g/mol. The Morgan fingerprint density at radius 3 is 2.91 bits per heavy atom. The molecule has 0 amide bonds. The van der Waals surface area contributed by atoms with Gasteiger partial charge in [0.05, 0.1) is 18.6 Å². The lowest BCUT2D eigenvalue weighted by Crippen LogP contribution is -2.33. The second kappa shape index (κ2) is 9.88. The van der Waals surface area contributed by atoms with E-state index in [4.69, 9.17) is 21.1 Å². The number of anilines is 1. The molecule has 9 heteroatoms. The number of aromatic nitrogens is 3. The molecule has 180 valence electrons. The molecule has 1 atom stereocenters. The highest BCUT2D eigenvalue weighted by atomic mass is 35.5. The van der Waals surface area contributed by atoms with Gasteiger partial charge in [0.25, 0.3) is 0 Å². The van der Waals surface area contributed by atoms with Crippen LogP contribution in [0.2, 0.25) is 5.02 Å². The first-order chi connectivity index (χ1) is 16.5. The van der Waals surface area contributed by atoms with Crippen molar-refractivity contribution >= 4 is 28.3 Å². The van der Waals surface area contributed by atoms with Gasteiger partial charge in [-0.15, -0.1) is 0 Å². The highest BCUT2D eigenvalue weighted by Crippen LogP contribution is 2.38. The Morgan fingerprint density at radius 1 is 1.18 bits per heavy atom. The van der Waals surface area contributed by atoms with Crippen LogP contribution in [0, 0.1) is 5.82 Å². The van der Waals surface area contributed by atoms with Gasteiger partial charge < -0.3 is 19.5 Å². The van der Waals surface area contributed by atoms with Gasteiger partial charge in [-0.3, -0.25) is 4.98 Å². The molecule has 3 aliphatic rings. The molecule has 3 aromatic rings. The maximum atomic E-state index is 16.0. The minimum absolute atomic E-state index is 0.0376. The summed E-state index contributed by atoms with van der Waals surface area (Å²) in [6.45, 7) is 2.15. The summed E-state index contributed by atoms with van der Waals surface area (Å²) in [4.78, 5) is 15.6. The van der Waals surface area contributed by atoms with Crippen LogP contribution in [0.15, 0.2) is 18.3 Å². The van der Waals surface area contributed by atoms with Crippen molar-refractivity contribution < 1.29 is 19.0 Å². The third-order valence-corrected chi connectivity index (χ3v) is 6.95. The van der Waals surface area contributed by atoms with Crippen LogP contribution < -0.4 is 9.64 Å². The smallest absolute Gasteiger partial charge is 0.318 e. The number of nitrogens with zero attached hydrogens (tertiary/aromatic N) is 4. The van der Waals surface area contributed by atoms with Gasteiger partial charge in [0, 0.05) is 36.5 Å². The van der Waals surface area contributed by atoms with Crippen molar-refractivity contribution in [1.82, 2.24) is 15.0 Å². The van der Waals surface area contributed by atoms with Crippen LogP contribution in [0.25, 0.3) is 22.2 Å². The third kappa shape index (κ3) is 4.49. The number of methoxy groups -OCH3 is 1. The quantitative estimate of drug-likeness (QED) is 0.499. The molecule has 0 spiro atoms. The Hall–Kier alpha value is -2.71. The number of ether oxygens (including phenoxy) is 2. The van der Waals surface area contributed by atoms with Crippen molar-refractivity contribution in [2.75, 3.05) is 31.7 Å². The molecular weight excluding hydrogens is 459 g/mol. The number of phenols is 1. The minimum Gasteiger partial charge on any atom is -0.508 e. The monoisotopic (exact) mass is 486 g/mol. The highest BCUT2D eigenvalue weighted by molar-refractivity contribution is 6.32. The Labute approximate surface area is 202 Å². The SMILES string of the molecule is COc1nc2c3cnc(c(F)c3n1)-c1cc(O)cc(Cl)c1CCCCCOC1CCCCN2C1. The summed E-state index contributed by atoms with van der Waals surface area (Å²) in [7, 11) is 1.47. The van der Waals surface area contributed by atoms with E-state index in [0.717, 1.165) is 50.6 Å². The van der Waals surface area contributed by atoms with Crippen LogP contribution in [0.5, 0.6) is 11.8 Å². The average Bonchev–Trinajstić information content (AvgIpc) is 3.07. The van der Waals surface area contributed by atoms with Gasteiger partial charge in [-0.2, -0.15) is 9.97 Å². The van der Waals surface area contributed by atoms with E-state index in [0.29, 0.717) is 41.4 Å². The molecule has 1 aromatic carbocycles. The molecule has 1 fully saturated rings. The van der Waals surface area contributed by atoms with E-state index in [-0.39, 0.29) is 29.1 Å². The van der Waals surface area contributed by atoms with Crippen molar-refractivity contribution in [3.05, 3.63) is 34.7 Å². The van der Waals surface area contributed by atoms with E-state index in [9.17, 15) is 5.11 Å². The Kier molecular flexibility index (Phi) is 6.70. The van der Waals surface area contributed by atoms with Crippen molar-refractivity contribution in [2.24, 2.45) is 0 Å². The zero-order valence-electron chi connectivity index (χ0n) is 19.2. The van der Waals surface area contributed by atoms with Gasteiger partial charge in [-0.05, 0) is 56.2 Å².